The number of aromatic nitrogens is 2. The van der Waals surface area contributed by atoms with E-state index in [-0.39, 0.29) is 6.04 Å². The van der Waals surface area contributed by atoms with Gasteiger partial charge in [-0.2, -0.15) is 5.10 Å². The van der Waals surface area contributed by atoms with Gasteiger partial charge in [0.15, 0.2) is 0 Å². The van der Waals surface area contributed by atoms with Crippen molar-refractivity contribution >= 4 is 15.9 Å². The fraction of sp³-hybridized carbons (Fsp3) is 0.769. The van der Waals surface area contributed by atoms with E-state index in [1.807, 2.05) is 10.9 Å². The molecule has 1 aliphatic rings. The molecule has 1 aromatic rings. The van der Waals surface area contributed by atoms with Gasteiger partial charge in [-0.1, -0.05) is 19.8 Å². The van der Waals surface area contributed by atoms with E-state index in [1.54, 1.807) is 0 Å². The van der Waals surface area contributed by atoms with Crippen molar-refractivity contribution < 1.29 is 0 Å². The van der Waals surface area contributed by atoms with E-state index >= 15 is 0 Å². The average molecular weight is 315 g/mol. The summed E-state index contributed by atoms with van der Waals surface area (Å²) in [7, 11) is 0. The van der Waals surface area contributed by atoms with Crippen molar-refractivity contribution in [1.29, 1.82) is 0 Å². The van der Waals surface area contributed by atoms with Crippen molar-refractivity contribution in [2.45, 2.75) is 52.1 Å². The number of halogens is 1. The monoisotopic (exact) mass is 314 g/mol. The molecule has 1 aromatic heterocycles. The number of nitrogens with zero attached hydrogens (tertiary/aromatic N) is 2. The molecule has 4 nitrogen and oxygen atoms in total. The third kappa shape index (κ3) is 2.78. The third-order valence-corrected chi connectivity index (χ3v) is 4.75. The van der Waals surface area contributed by atoms with Crippen LogP contribution in [0.2, 0.25) is 0 Å². The molecule has 1 aliphatic carbocycles. The van der Waals surface area contributed by atoms with Crippen LogP contribution in [0.4, 0.5) is 0 Å². The van der Waals surface area contributed by atoms with Gasteiger partial charge in [-0.05, 0) is 47.5 Å². The van der Waals surface area contributed by atoms with Crippen molar-refractivity contribution in [2.24, 2.45) is 17.7 Å². The Kier molecular flexibility index (Phi) is 4.81. The topological polar surface area (TPSA) is 55.9 Å². The number of aryl methyl sites for hydroxylation is 1. The maximum absolute atomic E-state index is 5.81. The smallest absolute Gasteiger partial charge is 0.0711 e. The molecule has 0 aromatic carbocycles. The van der Waals surface area contributed by atoms with Gasteiger partial charge >= 0.3 is 0 Å². The number of rotatable bonds is 4. The molecule has 102 valence electrons. The molecule has 0 saturated heterocycles. The van der Waals surface area contributed by atoms with E-state index in [9.17, 15) is 0 Å². The first-order valence-corrected chi connectivity index (χ1v) is 7.64. The summed E-state index contributed by atoms with van der Waals surface area (Å²) in [6.07, 6.45) is 6.98. The van der Waals surface area contributed by atoms with E-state index in [1.165, 1.54) is 31.4 Å². The Balaban J connectivity index is 2.19. The van der Waals surface area contributed by atoms with Crippen LogP contribution in [0, 0.1) is 11.8 Å². The van der Waals surface area contributed by atoms with E-state index in [4.69, 9.17) is 5.84 Å². The molecule has 1 unspecified atom stereocenters. The normalized spacial score (nSPS) is 26.2. The van der Waals surface area contributed by atoms with Crippen LogP contribution in [0.5, 0.6) is 0 Å². The lowest BCUT2D eigenvalue weighted by atomic mass is 9.78. The first kappa shape index (κ1) is 14.0. The maximum Gasteiger partial charge on any atom is 0.0711 e. The Labute approximate surface area is 117 Å². The lowest BCUT2D eigenvalue weighted by Crippen LogP contribution is -2.36. The summed E-state index contributed by atoms with van der Waals surface area (Å²) in [5.74, 6) is 7.29. The predicted octanol–water partition coefficient (Wildman–Crippen LogP) is 3.00. The van der Waals surface area contributed by atoms with Crippen LogP contribution in [-0.4, -0.2) is 9.78 Å². The van der Waals surface area contributed by atoms with E-state index < -0.39 is 0 Å². The molecule has 3 N–H and O–H groups in total. The lowest BCUT2D eigenvalue weighted by molar-refractivity contribution is 0.225. The molecule has 1 atom stereocenters. The van der Waals surface area contributed by atoms with Gasteiger partial charge in [-0.25, -0.2) is 0 Å². The number of hydrogen-bond acceptors (Lipinski definition) is 3. The highest BCUT2D eigenvalue weighted by Gasteiger charge is 2.30. The van der Waals surface area contributed by atoms with Crippen molar-refractivity contribution in [2.75, 3.05) is 0 Å². The Morgan fingerprint density at radius 2 is 2.17 bits per heavy atom. The minimum atomic E-state index is 0.203. The Morgan fingerprint density at radius 3 is 2.72 bits per heavy atom. The summed E-state index contributed by atoms with van der Waals surface area (Å²) in [6, 6.07) is 0.203. The largest absolute Gasteiger partial charge is 0.271 e. The number of hydrazine groups is 1. The Bertz CT molecular complexity index is 382. The van der Waals surface area contributed by atoms with Crippen LogP contribution in [0.15, 0.2) is 10.7 Å². The van der Waals surface area contributed by atoms with Crippen LogP contribution in [0.1, 0.15) is 51.3 Å². The molecule has 1 heterocycles. The number of hydrogen-bond donors (Lipinski definition) is 2. The highest BCUT2D eigenvalue weighted by atomic mass is 79.9. The minimum absolute atomic E-state index is 0.203. The van der Waals surface area contributed by atoms with Gasteiger partial charge in [-0.15, -0.1) is 0 Å². The van der Waals surface area contributed by atoms with Crippen LogP contribution < -0.4 is 11.3 Å². The second kappa shape index (κ2) is 6.17. The van der Waals surface area contributed by atoms with E-state index in [0.717, 1.165) is 16.9 Å². The van der Waals surface area contributed by atoms with Gasteiger partial charge in [0, 0.05) is 6.54 Å². The zero-order chi connectivity index (χ0) is 13.1. The summed E-state index contributed by atoms with van der Waals surface area (Å²) in [5.41, 5.74) is 4.21. The summed E-state index contributed by atoms with van der Waals surface area (Å²) in [6.45, 7) is 5.33. The molecule has 1 saturated carbocycles. The van der Waals surface area contributed by atoms with Gasteiger partial charge in [0.25, 0.3) is 0 Å². The standard InChI is InChI=1S/C13H23BrN4/c1-3-18-13(11(14)8-16-18)12(17-15)10-6-4-9(2)5-7-10/h8-10,12,17H,3-7,15H2,1-2H3. The first-order valence-electron chi connectivity index (χ1n) is 6.84. The highest BCUT2D eigenvalue weighted by molar-refractivity contribution is 9.10. The maximum atomic E-state index is 5.81. The summed E-state index contributed by atoms with van der Waals surface area (Å²) >= 11 is 3.60. The molecule has 0 bridgehead atoms. The predicted molar refractivity (Wildman–Crippen MR) is 76.8 cm³/mol. The number of nitrogens with one attached hydrogen (secondary N) is 1. The van der Waals surface area contributed by atoms with Crippen LogP contribution in [0.25, 0.3) is 0 Å². The molecule has 1 fully saturated rings. The fourth-order valence-corrected chi connectivity index (χ4v) is 3.53. The summed E-state index contributed by atoms with van der Waals surface area (Å²) < 4.78 is 3.10. The number of nitrogens with two attached hydrogens (primary N) is 1. The second-order valence-electron chi connectivity index (χ2n) is 5.36. The Hall–Kier alpha value is -0.390. The lowest BCUT2D eigenvalue weighted by Gasteiger charge is -2.32. The van der Waals surface area contributed by atoms with Crippen molar-refractivity contribution in [1.82, 2.24) is 15.2 Å². The zero-order valence-corrected chi connectivity index (χ0v) is 12.8. The third-order valence-electron chi connectivity index (χ3n) is 4.14. The average Bonchev–Trinajstić information content (AvgIpc) is 2.74. The van der Waals surface area contributed by atoms with Crippen molar-refractivity contribution in [3.63, 3.8) is 0 Å². The minimum Gasteiger partial charge on any atom is -0.271 e. The SMILES string of the molecule is CCn1ncc(Br)c1C(NN)C1CCC(C)CC1. The first-order chi connectivity index (χ1) is 8.67. The molecule has 0 aliphatic heterocycles. The molecule has 5 heteroatoms. The molecular weight excluding hydrogens is 292 g/mol. The quantitative estimate of drug-likeness (QED) is 0.663. The molecule has 18 heavy (non-hydrogen) atoms. The molecule has 0 spiro atoms. The molecule has 0 amide bonds. The summed E-state index contributed by atoms with van der Waals surface area (Å²) in [5, 5.41) is 4.39. The molecular formula is C13H23BrN4. The second-order valence-corrected chi connectivity index (χ2v) is 6.21. The van der Waals surface area contributed by atoms with Gasteiger partial charge in [0.05, 0.1) is 22.4 Å². The van der Waals surface area contributed by atoms with E-state index in [0.29, 0.717) is 5.92 Å². The van der Waals surface area contributed by atoms with E-state index in [2.05, 4.69) is 40.3 Å². The van der Waals surface area contributed by atoms with Crippen LogP contribution in [0.3, 0.4) is 0 Å². The zero-order valence-electron chi connectivity index (χ0n) is 11.2. The Morgan fingerprint density at radius 1 is 1.50 bits per heavy atom. The molecule has 0 radical (unpaired) electrons. The summed E-state index contributed by atoms with van der Waals surface area (Å²) in [4.78, 5) is 0. The van der Waals surface area contributed by atoms with Crippen LogP contribution in [-0.2, 0) is 6.54 Å². The van der Waals surface area contributed by atoms with Gasteiger partial charge < -0.3 is 0 Å². The van der Waals surface area contributed by atoms with Gasteiger partial charge in [-0.3, -0.25) is 16.0 Å². The molecule has 2 rings (SSSR count). The highest BCUT2D eigenvalue weighted by Crippen LogP contribution is 2.38. The van der Waals surface area contributed by atoms with Crippen molar-refractivity contribution in [3.05, 3.63) is 16.4 Å². The van der Waals surface area contributed by atoms with Crippen molar-refractivity contribution in [3.8, 4) is 0 Å². The van der Waals surface area contributed by atoms with Gasteiger partial charge in [0.1, 0.15) is 0 Å². The van der Waals surface area contributed by atoms with Crippen LogP contribution >= 0.6 is 15.9 Å². The van der Waals surface area contributed by atoms with Gasteiger partial charge in [0.2, 0.25) is 0 Å². The fourth-order valence-electron chi connectivity index (χ4n) is 2.99.